The fraction of sp³-hybridized carbons (Fsp3) is 0.714. The quantitative estimate of drug-likeness (QED) is 0.595. The van der Waals surface area contributed by atoms with Crippen molar-refractivity contribution < 1.29 is 18.4 Å². The molecule has 0 spiro atoms. The van der Waals surface area contributed by atoms with E-state index in [9.17, 15) is 18.4 Å². The zero-order valence-corrected chi connectivity index (χ0v) is 7.01. The topological polar surface area (TPSA) is 37.4 Å². The molecule has 0 atom stereocenters. The second-order valence-electron chi connectivity index (χ2n) is 2.54. The monoisotopic (exact) mass is 179 g/mol. The van der Waals surface area contributed by atoms with Crippen LogP contribution in [0.1, 0.15) is 13.3 Å². The Hall–Kier alpha value is -1.00. The van der Waals surface area contributed by atoms with Crippen LogP contribution in [-0.4, -0.2) is 36.6 Å². The maximum atomic E-state index is 11.7. The minimum atomic E-state index is -2.55. The number of rotatable bonds is 4. The van der Waals surface area contributed by atoms with Crippen molar-refractivity contribution in [3.8, 4) is 0 Å². The van der Waals surface area contributed by atoms with Crippen LogP contribution in [0.4, 0.5) is 8.78 Å². The number of Topliss-reactive ketones (excluding diaryl/α,β-unsaturated/α-hetero) is 1. The van der Waals surface area contributed by atoms with E-state index < -0.39 is 18.9 Å². The summed E-state index contributed by atoms with van der Waals surface area (Å²) in [6, 6.07) is 0. The first-order chi connectivity index (χ1) is 5.43. The number of halogens is 2. The molecule has 0 fully saturated rings. The van der Waals surface area contributed by atoms with Crippen LogP contribution in [0.5, 0.6) is 0 Å². The van der Waals surface area contributed by atoms with E-state index in [1.54, 1.807) is 0 Å². The molecule has 0 bridgehead atoms. The van der Waals surface area contributed by atoms with Crippen LogP contribution in [0, 0.1) is 0 Å². The molecule has 0 aliphatic rings. The molecule has 0 unspecified atom stereocenters. The van der Waals surface area contributed by atoms with Crippen LogP contribution < -0.4 is 0 Å². The van der Waals surface area contributed by atoms with Gasteiger partial charge in [0.1, 0.15) is 5.78 Å². The van der Waals surface area contributed by atoms with E-state index in [0.29, 0.717) is 0 Å². The third-order valence-electron chi connectivity index (χ3n) is 1.24. The van der Waals surface area contributed by atoms with Gasteiger partial charge in [0, 0.05) is 7.05 Å². The van der Waals surface area contributed by atoms with E-state index >= 15 is 0 Å². The molecule has 0 aromatic heterocycles. The Bertz CT molecular complexity index is 182. The van der Waals surface area contributed by atoms with Gasteiger partial charge in [-0.05, 0) is 6.92 Å². The number of carbonyl (C=O) groups is 2. The Morgan fingerprint density at radius 1 is 1.42 bits per heavy atom. The molecule has 0 aromatic carbocycles. The molecule has 12 heavy (non-hydrogen) atoms. The molecule has 1 amide bonds. The number of amides is 1. The van der Waals surface area contributed by atoms with Crippen molar-refractivity contribution >= 4 is 11.7 Å². The summed E-state index contributed by atoms with van der Waals surface area (Å²) in [5.74, 6) is -0.885. The summed E-state index contributed by atoms with van der Waals surface area (Å²) in [5.41, 5.74) is 0. The van der Waals surface area contributed by atoms with Crippen molar-refractivity contribution in [2.75, 3.05) is 13.6 Å². The van der Waals surface area contributed by atoms with Gasteiger partial charge in [-0.25, -0.2) is 8.78 Å². The second-order valence-corrected chi connectivity index (χ2v) is 2.54. The number of carbonyl (C=O) groups excluding carboxylic acids is 2. The molecule has 0 aliphatic carbocycles. The minimum absolute atomic E-state index is 0.302. The number of ketones is 1. The van der Waals surface area contributed by atoms with Crippen molar-refractivity contribution in [3.05, 3.63) is 0 Å². The molecule has 0 saturated heterocycles. The first-order valence-corrected chi connectivity index (χ1v) is 3.45. The summed E-state index contributed by atoms with van der Waals surface area (Å²) in [5, 5.41) is 0. The van der Waals surface area contributed by atoms with Crippen LogP contribution in [0.25, 0.3) is 0 Å². The van der Waals surface area contributed by atoms with E-state index in [-0.39, 0.29) is 12.2 Å². The zero-order valence-electron chi connectivity index (χ0n) is 7.01. The maximum absolute atomic E-state index is 11.7. The number of alkyl halides is 2. The van der Waals surface area contributed by atoms with Gasteiger partial charge in [0.05, 0.1) is 13.0 Å². The van der Waals surface area contributed by atoms with E-state index in [1.165, 1.54) is 14.0 Å². The summed E-state index contributed by atoms with van der Waals surface area (Å²) in [6.07, 6.45) is -2.85. The lowest BCUT2D eigenvalue weighted by atomic mass is 10.3. The SMILES string of the molecule is CC(=O)CC(=O)N(C)CC(F)F. The predicted molar refractivity (Wildman–Crippen MR) is 38.9 cm³/mol. The average Bonchev–Trinajstić information content (AvgIpc) is 1.84. The van der Waals surface area contributed by atoms with E-state index in [1.807, 2.05) is 0 Å². The summed E-state index contributed by atoms with van der Waals surface area (Å²) in [4.78, 5) is 22.1. The summed E-state index contributed by atoms with van der Waals surface area (Å²) in [6.45, 7) is 0.625. The largest absolute Gasteiger partial charge is 0.340 e. The highest BCUT2D eigenvalue weighted by Gasteiger charge is 2.14. The van der Waals surface area contributed by atoms with Crippen molar-refractivity contribution in [2.45, 2.75) is 19.8 Å². The first kappa shape index (κ1) is 11.0. The van der Waals surface area contributed by atoms with E-state index in [0.717, 1.165) is 4.90 Å². The van der Waals surface area contributed by atoms with Crippen molar-refractivity contribution in [2.24, 2.45) is 0 Å². The normalized spacial score (nSPS) is 10.1. The van der Waals surface area contributed by atoms with Crippen molar-refractivity contribution in [1.82, 2.24) is 4.90 Å². The van der Waals surface area contributed by atoms with Crippen molar-refractivity contribution in [3.63, 3.8) is 0 Å². The van der Waals surface area contributed by atoms with Crippen molar-refractivity contribution in [1.29, 1.82) is 0 Å². The van der Waals surface area contributed by atoms with Gasteiger partial charge in [-0.1, -0.05) is 0 Å². The zero-order chi connectivity index (χ0) is 9.72. The van der Waals surface area contributed by atoms with Crippen LogP contribution in [0.15, 0.2) is 0 Å². The summed E-state index contributed by atoms with van der Waals surface area (Å²) in [7, 11) is 1.25. The fourth-order valence-corrected chi connectivity index (χ4v) is 0.657. The van der Waals surface area contributed by atoms with Gasteiger partial charge < -0.3 is 4.90 Å². The molecule has 0 saturated carbocycles. The molecular formula is C7H11F2NO2. The highest BCUT2D eigenvalue weighted by Crippen LogP contribution is 1.98. The van der Waals surface area contributed by atoms with Gasteiger partial charge in [-0.2, -0.15) is 0 Å². The molecule has 5 heteroatoms. The maximum Gasteiger partial charge on any atom is 0.255 e. The fourth-order valence-electron chi connectivity index (χ4n) is 0.657. The molecular weight excluding hydrogens is 168 g/mol. The lowest BCUT2D eigenvalue weighted by molar-refractivity contribution is -0.135. The molecule has 0 aliphatic heterocycles. The third kappa shape index (κ3) is 4.76. The predicted octanol–water partition coefficient (Wildman–Crippen LogP) is 0.689. The first-order valence-electron chi connectivity index (χ1n) is 3.45. The molecule has 0 radical (unpaired) electrons. The molecule has 0 rings (SSSR count). The highest BCUT2D eigenvalue weighted by atomic mass is 19.3. The number of hydrogen-bond donors (Lipinski definition) is 0. The Morgan fingerprint density at radius 3 is 2.25 bits per heavy atom. The Morgan fingerprint density at radius 2 is 1.92 bits per heavy atom. The average molecular weight is 179 g/mol. The van der Waals surface area contributed by atoms with Gasteiger partial charge in [-0.15, -0.1) is 0 Å². The molecule has 0 N–H and O–H groups in total. The lowest BCUT2D eigenvalue weighted by Crippen LogP contribution is -2.32. The lowest BCUT2D eigenvalue weighted by Gasteiger charge is -2.15. The Kier molecular flexibility index (Phi) is 4.39. The third-order valence-corrected chi connectivity index (χ3v) is 1.24. The van der Waals surface area contributed by atoms with Gasteiger partial charge in [0.2, 0.25) is 5.91 Å². The van der Waals surface area contributed by atoms with Gasteiger partial charge >= 0.3 is 0 Å². The molecule has 0 heterocycles. The minimum Gasteiger partial charge on any atom is -0.340 e. The highest BCUT2D eigenvalue weighted by molar-refractivity contribution is 5.96. The van der Waals surface area contributed by atoms with Crippen LogP contribution in [-0.2, 0) is 9.59 Å². The van der Waals surface area contributed by atoms with Crippen LogP contribution in [0.2, 0.25) is 0 Å². The molecule has 70 valence electrons. The molecule has 3 nitrogen and oxygen atoms in total. The van der Waals surface area contributed by atoms with Gasteiger partial charge in [-0.3, -0.25) is 9.59 Å². The standard InChI is InChI=1S/C7H11F2NO2/c1-5(11)3-7(12)10(2)4-6(8)9/h6H,3-4H2,1-2H3. The number of hydrogen-bond acceptors (Lipinski definition) is 2. The Labute approximate surface area is 69.3 Å². The van der Waals surface area contributed by atoms with E-state index in [4.69, 9.17) is 0 Å². The smallest absolute Gasteiger partial charge is 0.255 e. The second kappa shape index (κ2) is 4.79. The van der Waals surface area contributed by atoms with Gasteiger partial charge in [0.15, 0.2) is 0 Å². The van der Waals surface area contributed by atoms with E-state index in [2.05, 4.69) is 0 Å². The summed E-state index contributed by atoms with van der Waals surface area (Å²) < 4.78 is 23.4. The van der Waals surface area contributed by atoms with Crippen LogP contribution in [0.3, 0.4) is 0 Å². The molecule has 0 aromatic rings. The van der Waals surface area contributed by atoms with Gasteiger partial charge in [0.25, 0.3) is 6.43 Å². The number of nitrogens with zero attached hydrogens (tertiary/aromatic N) is 1. The van der Waals surface area contributed by atoms with Crippen LogP contribution >= 0.6 is 0 Å². The Balaban J connectivity index is 3.85. The summed E-state index contributed by atoms with van der Waals surface area (Å²) >= 11 is 0.